The van der Waals surface area contributed by atoms with Gasteiger partial charge in [-0.3, -0.25) is 9.78 Å². The molecular formula is C17H14BrNO2. The standard InChI is InChI=1S/C17H14BrNO2/c1-21-14-4-5-15-11(9-14)2-3-13(17(15)20)8-12-6-7-19-10-16(12)18/h4-10H,2-3H2,1H3/b13-8+. The van der Waals surface area contributed by atoms with Crippen LogP contribution in [0.2, 0.25) is 0 Å². The second-order valence-corrected chi connectivity index (χ2v) is 5.77. The fourth-order valence-corrected chi connectivity index (χ4v) is 2.87. The van der Waals surface area contributed by atoms with Gasteiger partial charge in [0, 0.05) is 28.0 Å². The van der Waals surface area contributed by atoms with E-state index < -0.39 is 0 Å². The van der Waals surface area contributed by atoms with E-state index >= 15 is 0 Å². The third kappa shape index (κ3) is 2.76. The van der Waals surface area contributed by atoms with Gasteiger partial charge in [-0.15, -0.1) is 0 Å². The maximum absolute atomic E-state index is 12.6. The van der Waals surface area contributed by atoms with Crippen LogP contribution in [0.15, 0.2) is 46.7 Å². The van der Waals surface area contributed by atoms with E-state index in [9.17, 15) is 4.79 Å². The SMILES string of the molecule is COc1ccc2c(c1)CC/C(=C\c1ccncc1Br)C2=O. The molecule has 2 aromatic rings. The Morgan fingerprint density at radius 2 is 2.14 bits per heavy atom. The number of aryl methyl sites for hydroxylation is 1. The fraction of sp³-hybridized carbons (Fsp3) is 0.176. The smallest absolute Gasteiger partial charge is 0.189 e. The molecule has 0 unspecified atom stereocenters. The van der Waals surface area contributed by atoms with Crippen LogP contribution in [0.1, 0.15) is 27.9 Å². The van der Waals surface area contributed by atoms with Crippen molar-refractivity contribution in [2.45, 2.75) is 12.8 Å². The minimum absolute atomic E-state index is 0.0996. The summed E-state index contributed by atoms with van der Waals surface area (Å²) >= 11 is 3.46. The molecule has 1 heterocycles. The Morgan fingerprint density at radius 1 is 1.29 bits per heavy atom. The highest BCUT2D eigenvalue weighted by Gasteiger charge is 2.22. The number of nitrogens with zero attached hydrogens (tertiary/aromatic N) is 1. The second-order valence-electron chi connectivity index (χ2n) is 4.92. The molecule has 0 spiro atoms. The molecule has 0 bridgehead atoms. The largest absolute Gasteiger partial charge is 0.497 e. The van der Waals surface area contributed by atoms with Crippen LogP contribution < -0.4 is 4.74 Å². The molecule has 1 aliphatic carbocycles. The normalized spacial score (nSPS) is 15.9. The summed E-state index contributed by atoms with van der Waals surface area (Å²) in [5.41, 5.74) is 3.65. The Bertz CT molecular complexity index is 737. The van der Waals surface area contributed by atoms with Crippen LogP contribution in [-0.4, -0.2) is 17.9 Å². The minimum Gasteiger partial charge on any atom is -0.497 e. The predicted octanol–water partition coefficient (Wildman–Crippen LogP) is 4.07. The summed E-state index contributed by atoms with van der Waals surface area (Å²) in [5.74, 6) is 0.897. The highest BCUT2D eigenvalue weighted by atomic mass is 79.9. The predicted molar refractivity (Wildman–Crippen MR) is 85.6 cm³/mol. The van der Waals surface area contributed by atoms with Crippen LogP contribution in [-0.2, 0) is 6.42 Å². The fourth-order valence-electron chi connectivity index (χ4n) is 2.51. The van der Waals surface area contributed by atoms with Crippen LogP contribution in [0.5, 0.6) is 5.75 Å². The molecule has 1 aromatic carbocycles. The number of methoxy groups -OCH3 is 1. The number of hydrogen-bond acceptors (Lipinski definition) is 3. The van der Waals surface area contributed by atoms with Gasteiger partial charge in [0.1, 0.15) is 5.75 Å². The first-order valence-corrected chi connectivity index (χ1v) is 7.50. The lowest BCUT2D eigenvalue weighted by Crippen LogP contribution is -2.14. The number of Topliss-reactive ketones (excluding diaryl/α,β-unsaturated/α-hetero) is 1. The number of halogens is 1. The Balaban J connectivity index is 1.98. The van der Waals surface area contributed by atoms with Crippen LogP contribution in [0, 0.1) is 0 Å². The van der Waals surface area contributed by atoms with Gasteiger partial charge in [-0.25, -0.2) is 0 Å². The summed E-state index contributed by atoms with van der Waals surface area (Å²) in [4.78, 5) is 16.6. The molecular weight excluding hydrogens is 330 g/mol. The number of allylic oxidation sites excluding steroid dienone is 1. The van der Waals surface area contributed by atoms with Crippen molar-refractivity contribution in [3.05, 3.63) is 63.4 Å². The van der Waals surface area contributed by atoms with Gasteiger partial charge in [-0.05, 0) is 70.2 Å². The van der Waals surface area contributed by atoms with Crippen molar-refractivity contribution in [3.8, 4) is 5.75 Å². The van der Waals surface area contributed by atoms with Crippen LogP contribution in [0.3, 0.4) is 0 Å². The van der Waals surface area contributed by atoms with E-state index in [1.165, 1.54) is 0 Å². The van der Waals surface area contributed by atoms with Crippen molar-refractivity contribution < 1.29 is 9.53 Å². The zero-order valence-electron chi connectivity index (χ0n) is 11.6. The monoisotopic (exact) mass is 343 g/mol. The quantitative estimate of drug-likeness (QED) is 0.771. The molecule has 21 heavy (non-hydrogen) atoms. The average molecular weight is 344 g/mol. The van der Waals surface area contributed by atoms with Crippen molar-refractivity contribution in [1.29, 1.82) is 0 Å². The van der Waals surface area contributed by atoms with E-state index in [1.807, 2.05) is 30.3 Å². The first-order valence-electron chi connectivity index (χ1n) is 6.71. The first-order chi connectivity index (χ1) is 10.2. The lowest BCUT2D eigenvalue weighted by atomic mass is 9.86. The molecule has 106 valence electrons. The van der Waals surface area contributed by atoms with Gasteiger partial charge in [-0.2, -0.15) is 0 Å². The first kappa shape index (κ1) is 14.0. The molecule has 1 aliphatic rings. The topological polar surface area (TPSA) is 39.2 Å². The molecule has 0 radical (unpaired) electrons. The summed E-state index contributed by atoms with van der Waals surface area (Å²) in [7, 11) is 1.64. The van der Waals surface area contributed by atoms with Crippen molar-refractivity contribution >= 4 is 27.8 Å². The van der Waals surface area contributed by atoms with Gasteiger partial charge < -0.3 is 4.74 Å². The number of aromatic nitrogens is 1. The lowest BCUT2D eigenvalue weighted by Gasteiger charge is -2.18. The maximum atomic E-state index is 12.6. The van der Waals surface area contributed by atoms with Gasteiger partial charge in [0.15, 0.2) is 5.78 Å². The molecule has 3 nitrogen and oxygen atoms in total. The van der Waals surface area contributed by atoms with Crippen molar-refractivity contribution in [2.75, 3.05) is 7.11 Å². The van der Waals surface area contributed by atoms with Crippen molar-refractivity contribution in [3.63, 3.8) is 0 Å². The number of carbonyl (C=O) groups is 1. The Morgan fingerprint density at radius 3 is 2.90 bits per heavy atom. The number of hydrogen-bond donors (Lipinski definition) is 0. The maximum Gasteiger partial charge on any atom is 0.189 e. The molecule has 0 saturated heterocycles. The number of ketones is 1. The van der Waals surface area contributed by atoms with E-state index in [-0.39, 0.29) is 5.78 Å². The zero-order chi connectivity index (χ0) is 14.8. The number of fused-ring (bicyclic) bond motifs is 1. The molecule has 0 amide bonds. The second kappa shape index (κ2) is 5.82. The lowest BCUT2D eigenvalue weighted by molar-refractivity contribution is 0.102. The van der Waals surface area contributed by atoms with Crippen molar-refractivity contribution in [2.24, 2.45) is 0 Å². The molecule has 4 heteroatoms. The van der Waals surface area contributed by atoms with E-state index in [4.69, 9.17) is 4.74 Å². The third-order valence-corrected chi connectivity index (χ3v) is 4.31. The summed E-state index contributed by atoms with van der Waals surface area (Å²) in [5, 5.41) is 0. The molecule has 1 aromatic heterocycles. The number of pyridine rings is 1. The van der Waals surface area contributed by atoms with E-state index in [2.05, 4.69) is 20.9 Å². The molecule has 0 fully saturated rings. The van der Waals surface area contributed by atoms with Crippen molar-refractivity contribution in [1.82, 2.24) is 4.98 Å². The Labute approximate surface area is 131 Å². The minimum atomic E-state index is 0.0996. The Hall–Kier alpha value is -1.94. The highest BCUT2D eigenvalue weighted by molar-refractivity contribution is 9.10. The third-order valence-electron chi connectivity index (χ3n) is 3.65. The number of ether oxygens (including phenoxy) is 1. The summed E-state index contributed by atoms with van der Waals surface area (Å²) < 4.78 is 6.11. The molecule has 3 rings (SSSR count). The van der Waals surface area contributed by atoms with E-state index in [1.54, 1.807) is 19.5 Å². The van der Waals surface area contributed by atoms with E-state index in [0.29, 0.717) is 0 Å². The molecule has 0 N–H and O–H groups in total. The van der Waals surface area contributed by atoms with Crippen LogP contribution in [0.25, 0.3) is 6.08 Å². The van der Waals surface area contributed by atoms with Gasteiger partial charge in [0.2, 0.25) is 0 Å². The molecule has 0 aliphatic heterocycles. The molecule has 0 saturated carbocycles. The van der Waals surface area contributed by atoms with Gasteiger partial charge >= 0.3 is 0 Å². The Kier molecular flexibility index (Phi) is 3.88. The van der Waals surface area contributed by atoms with Gasteiger partial charge in [-0.1, -0.05) is 0 Å². The highest BCUT2D eigenvalue weighted by Crippen LogP contribution is 2.30. The number of benzene rings is 1. The van der Waals surface area contributed by atoms with E-state index in [0.717, 1.165) is 45.3 Å². The van der Waals surface area contributed by atoms with Gasteiger partial charge in [0.25, 0.3) is 0 Å². The summed E-state index contributed by atoms with van der Waals surface area (Å²) in [6.07, 6.45) is 7.00. The molecule has 0 atom stereocenters. The van der Waals surface area contributed by atoms with Crippen LogP contribution in [0.4, 0.5) is 0 Å². The van der Waals surface area contributed by atoms with Gasteiger partial charge in [0.05, 0.1) is 7.11 Å². The number of carbonyl (C=O) groups excluding carboxylic acids is 1. The van der Waals surface area contributed by atoms with Crippen LogP contribution >= 0.6 is 15.9 Å². The summed E-state index contributed by atoms with van der Waals surface area (Å²) in [6.45, 7) is 0. The summed E-state index contributed by atoms with van der Waals surface area (Å²) in [6, 6.07) is 7.54. The average Bonchev–Trinajstić information content (AvgIpc) is 2.51. The number of rotatable bonds is 2. The zero-order valence-corrected chi connectivity index (χ0v) is 13.2.